The number of ether oxygens (including phenoxy) is 2. The molecule has 0 heterocycles. The minimum absolute atomic E-state index is 0.0598. The highest BCUT2D eigenvalue weighted by atomic mass is 35.5. The van der Waals surface area contributed by atoms with Crippen molar-refractivity contribution in [3.63, 3.8) is 0 Å². The maximum absolute atomic E-state index is 6.45. The molecule has 1 N–H and O–H groups in total. The Morgan fingerprint density at radius 3 is 2.52 bits per heavy atom. The summed E-state index contributed by atoms with van der Waals surface area (Å²) in [4.78, 5) is 0. The quantitative estimate of drug-likeness (QED) is 0.597. The fourth-order valence-corrected chi connectivity index (χ4v) is 3.01. The first-order valence-corrected chi connectivity index (χ1v) is 8.71. The molecule has 0 saturated carbocycles. The summed E-state index contributed by atoms with van der Waals surface area (Å²) < 4.78 is 11.2. The summed E-state index contributed by atoms with van der Waals surface area (Å²) in [5.74, 6) is 1.35. The summed E-state index contributed by atoms with van der Waals surface area (Å²) in [5.41, 5.74) is 2.04. The highest BCUT2D eigenvalue weighted by Crippen LogP contribution is 2.34. The Morgan fingerprint density at radius 1 is 1.00 bits per heavy atom. The lowest BCUT2D eigenvalue weighted by Crippen LogP contribution is -2.08. The summed E-state index contributed by atoms with van der Waals surface area (Å²) in [6.45, 7) is 4.55. The van der Waals surface area contributed by atoms with E-state index < -0.39 is 0 Å². The molecule has 0 fully saturated rings. The molecule has 0 atom stereocenters. The Hall–Kier alpha value is -2.39. The molecule has 0 amide bonds. The molecule has 3 aromatic carbocycles. The molecular weight excluding hydrogens is 334 g/mol. The predicted octanol–water partition coefficient (Wildman–Crippen LogP) is 5.90. The van der Waals surface area contributed by atoms with Gasteiger partial charge in [-0.1, -0.05) is 48.0 Å². The van der Waals surface area contributed by atoms with E-state index in [4.69, 9.17) is 21.1 Å². The van der Waals surface area contributed by atoms with Crippen LogP contribution in [0.2, 0.25) is 5.02 Å². The van der Waals surface area contributed by atoms with Crippen LogP contribution < -0.4 is 14.8 Å². The molecule has 0 aliphatic carbocycles. The van der Waals surface area contributed by atoms with Crippen molar-refractivity contribution >= 4 is 28.1 Å². The van der Waals surface area contributed by atoms with Crippen LogP contribution in [0.3, 0.4) is 0 Å². The zero-order chi connectivity index (χ0) is 17.8. The average Bonchev–Trinajstić information content (AvgIpc) is 2.60. The molecule has 0 aliphatic rings. The molecule has 3 nitrogen and oxygen atoms in total. The standard InChI is InChI=1S/C21H22ClNO2/c1-14(2)25-21-12-18(22)16(11-20(21)24-3)13-23-19-10-6-8-15-7-4-5-9-17(15)19/h4-12,14,23H,13H2,1-3H3. The molecule has 3 rings (SSSR count). The smallest absolute Gasteiger partial charge is 0.163 e. The molecule has 0 aliphatic heterocycles. The van der Waals surface area contributed by atoms with Gasteiger partial charge in [0.05, 0.1) is 13.2 Å². The second kappa shape index (κ2) is 7.66. The van der Waals surface area contributed by atoms with Crippen LogP contribution in [0.25, 0.3) is 10.8 Å². The van der Waals surface area contributed by atoms with E-state index in [0.29, 0.717) is 23.1 Å². The maximum atomic E-state index is 6.45. The largest absolute Gasteiger partial charge is 0.493 e. The highest BCUT2D eigenvalue weighted by molar-refractivity contribution is 6.31. The highest BCUT2D eigenvalue weighted by Gasteiger charge is 2.12. The van der Waals surface area contributed by atoms with E-state index in [0.717, 1.165) is 11.3 Å². The zero-order valence-corrected chi connectivity index (χ0v) is 15.4. The summed E-state index contributed by atoms with van der Waals surface area (Å²) in [6.07, 6.45) is 0.0598. The summed E-state index contributed by atoms with van der Waals surface area (Å²) in [5, 5.41) is 6.53. The molecule has 3 aromatic rings. The lowest BCUT2D eigenvalue weighted by atomic mass is 10.1. The monoisotopic (exact) mass is 355 g/mol. The SMILES string of the molecule is COc1cc(CNc2cccc3ccccc23)c(Cl)cc1OC(C)C. The Labute approximate surface area is 153 Å². The second-order valence-corrected chi connectivity index (χ2v) is 6.55. The molecule has 0 saturated heterocycles. The Morgan fingerprint density at radius 2 is 1.76 bits per heavy atom. The van der Waals surface area contributed by atoms with E-state index in [2.05, 4.69) is 29.6 Å². The van der Waals surface area contributed by atoms with Crippen molar-refractivity contribution in [2.45, 2.75) is 26.5 Å². The summed E-state index contributed by atoms with van der Waals surface area (Å²) in [7, 11) is 1.64. The van der Waals surface area contributed by atoms with Gasteiger partial charge in [0.15, 0.2) is 11.5 Å². The third kappa shape index (κ3) is 3.99. The van der Waals surface area contributed by atoms with Crippen LogP contribution in [0, 0.1) is 0 Å². The first-order chi connectivity index (χ1) is 12.1. The van der Waals surface area contributed by atoms with Gasteiger partial charge >= 0.3 is 0 Å². The lowest BCUT2D eigenvalue weighted by Gasteiger charge is -2.17. The number of benzene rings is 3. The van der Waals surface area contributed by atoms with Gasteiger partial charge in [0.25, 0.3) is 0 Å². The molecule has 4 heteroatoms. The fraction of sp³-hybridized carbons (Fsp3) is 0.238. The third-order valence-electron chi connectivity index (χ3n) is 3.95. The normalized spacial score (nSPS) is 10.9. The van der Waals surface area contributed by atoms with Crippen LogP contribution in [0.1, 0.15) is 19.4 Å². The van der Waals surface area contributed by atoms with Crippen molar-refractivity contribution in [1.82, 2.24) is 0 Å². The van der Waals surface area contributed by atoms with Crippen molar-refractivity contribution in [2.75, 3.05) is 12.4 Å². The van der Waals surface area contributed by atoms with E-state index in [1.54, 1.807) is 7.11 Å². The molecular formula is C21H22ClNO2. The first kappa shape index (κ1) is 17.4. The van der Waals surface area contributed by atoms with Crippen LogP contribution in [0.4, 0.5) is 5.69 Å². The van der Waals surface area contributed by atoms with Gasteiger partial charge in [-0.25, -0.2) is 0 Å². The molecule has 0 aromatic heterocycles. The van der Waals surface area contributed by atoms with Gasteiger partial charge in [-0.3, -0.25) is 0 Å². The Bertz CT molecular complexity index is 872. The Balaban J connectivity index is 1.85. The number of hydrogen-bond acceptors (Lipinski definition) is 3. The molecule has 130 valence electrons. The number of hydrogen-bond donors (Lipinski definition) is 1. The minimum atomic E-state index is 0.0598. The minimum Gasteiger partial charge on any atom is -0.493 e. The van der Waals surface area contributed by atoms with Crippen molar-refractivity contribution in [3.05, 3.63) is 65.2 Å². The predicted molar refractivity (Wildman–Crippen MR) is 105 cm³/mol. The van der Waals surface area contributed by atoms with Gasteiger partial charge in [-0.2, -0.15) is 0 Å². The Kier molecular flexibility index (Phi) is 5.34. The van der Waals surface area contributed by atoms with Gasteiger partial charge in [0, 0.05) is 28.7 Å². The summed E-state index contributed by atoms with van der Waals surface area (Å²) in [6, 6.07) is 18.3. The summed E-state index contributed by atoms with van der Waals surface area (Å²) >= 11 is 6.45. The fourth-order valence-electron chi connectivity index (χ4n) is 2.79. The van der Waals surface area contributed by atoms with Crippen LogP contribution in [0.15, 0.2) is 54.6 Å². The van der Waals surface area contributed by atoms with E-state index in [-0.39, 0.29) is 6.10 Å². The molecule has 0 spiro atoms. The number of nitrogens with one attached hydrogen (secondary N) is 1. The molecule has 25 heavy (non-hydrogen) atoms. The van der Waals surface area contributed by atoms with Crippen LogP contribution in [-0.4, -0.2) is 13.2 Å². The van der Waals surface area contributed by atoms with Crippen LogP contribution in [0.5, 0.6) is 11.5 Å². The van der Waals surface area contributed by atoms with E-state index >= 15 is 0 Å². The van der Waals surface area contributed by atoms with Gasteiger partial charge in [0.2, 0.25) is 0 Å². The number of anilines is 1. The molecule has 0 unspecified atom stereocenters. The van der Waals surface area contributed by atoms with Crippen molar-refractivity contribution in [3.8, 4) is 11.5 Å². The van der Waals surface area contributed by atoms with E-state index in [1.165, 1.54) is 10.8 Å². The van der Waals surface area contributed by atoms with E-state index in [1.807, 2.05) is 44.2 Å². The van der Waals surface area contributed by atoms with Gasteiger partial charge in [-0.15, -0.1) is 0 Å². The number of fused-ring (bicyclic) bond motifs is 1. The molecule has 0 bridgehead atoms. The van der Waals surface area contributed by atoms with E-state index in [9.17, 15) is 0 Å². The number of rotatable bonds is 6. The number of methoxy groups -OCH3 is 1. The second-order valence-electron chi connectivity index (χ2n) is 6.14. The van der Waals surface area contributed by atoms with Gasteiger partial charge < -0.3 is 14.8 Å². The zero-order valence-electron chi connectivity index (χ0n) is 14.7. The lowest BCUT2D eigenvalue weighted by molar-refractivity contribution is 0.230. The third-order valence-corrected chi connectivity index (χ3v) is 4.31. The van der Waals surface area contributed by atoms with Crippen molar-refractivity contribution < 1.29 is 9.47 Å². The number of halogens is 1. The van der Waals surface area contributed by atoms with Crippen LogP contribution >= 0.6 is 11.6 Å². The van der Waals surface area contributed by atoms with Gasteiger partial charge in [0.1, 0.15) is 0 Å². The topological polar surface area (TPSA) is 30.5 Å². The van der Waals surface area contributed by atoms with Crippen molar-refractivity contribution in [2.24, 2.45) is 0 Å². The maximum Gasteiger partial charge on any atom is 0.163 e. The van der Waals surface area contributed by atoms with Gasteiger partial charge in [-0.05, 0) is 36.9 Å². The van der Waals surface area contributed by atoms with Crippen molar-refractivity contribution in [1.29, 1.82) is 0 Å². The average molecular weight is 356 g/mol. The first-order valence-electron chi connectivity index (χ1n) is 8.33. The van der Waals surface area contributed by atoms with Crippen LogP contribution in [-0.2, 0) is 6.54 Å². The molecule has 0 radical (unpaired) electrons.